The first-order valence-electron chi connectivity index (χ1n) is 6.63. The molecule has 0 aliphatic carbocycles. The van der Waals surface area contributed by atoms with E-state index in [1.54, 1.807) is 25.1 Å². The Morgan fingerprint density at radius 1 is 0.909 bits per heavy atom. The molecule has 6 nitrogen and oxygen atoms in total. The van der Waals surface area contributed by atoms with Gasteiger partial charge in [-0.3, -0.25) is 15.0 Å². The molecule has 2 rings (SSSR count). The van der Waals surface area contributed by atoms with Gasteiger partial charge in [0.25, 0.3) is 11.8 Å². The molecule has 0 heterocycles. The SMILES string of the molecule is CC(=NNC(=O)c1cccc(C(=O)NN)c1)c1ccccc1. The predicted molar refractivity (Wildman–Crippen MR) is 84.2 cm³/mol. The first-order valence-corrected chi connectivity index (χ1v) is 6.63. The van der Waals surface area contributed by atoms with Gasteiger partial charge in [0.1, 0.15) is 0 Å². The number of amides is 2. The van der Waals surface area contributed by atoms with Gasteiger partial charge in [0.15, 0.2) is 0 Å². The summed E-state index contributed by atoms with van der Waals surface area (Å²) in [6, 6.07) is 15.7. The molecule has 0 fully saturated rings. The van der Waals surface area contributed by atoms with Crippen LogP contribution in [-0.4, -0.2) is 17.5 Å². The number of benzene rings is 2. The number of carbonyl (C=O) groups excluding carboxylic acids is 2. The van der Waals surface area contributed by atoms with Crippen LogP contribution in [0.15, 0.2) is 59.7 Å². The quantitative estimate of drug-likeness (QED) is 0.345. The van der Waals surface area contributed by atoms with Crippen LogP contribution >= 0.6 is 0 Å². The van der Waals surface area contributed by atoms with E-state index >= 15 is 0 Å². The lowest BCUT2D eigenvalue weighted by Gasteiger charge is -2.05. The zero-order valence-electron chi connectivity index (χ0n) is 12.0. The molecule has 0 saturated heterocycles. The third-order valence-corrected chi connectivity index (χ3v) is 3.03. The zero-order valence-corrected chi connectivity index (χ0v) is 12.0. The number of hydrazone groups is 1. The fourth-order valence-electron chi connectivity index (χ4n) is 1.83. The first-order chi connectivity index (χ1) is 10.6. The van der Waals surface area contributed by atoms with Gasteiger partial charge < -0.3 is 0 Å². The Bertz CT molecular complexity index is 711. The minimum atomic E-state index is -0.460. The second-order valence-electron chi connectivity index (χ2n) is 4.56. The molecule has 0 aliphatic heterocycles. The van der Waals surface area contributed by atoms with Crippen LogP contribution in [0.3, 0.4) is 0 Å². The molecule has 4 N–H and O–H groups in total. The summed E-state index contributed by atoms with van der Waals surface area (Å²) in [6.45, 7) is 1.80. The van der Waals surface area contributed by atoms with Crippen LogP contribution in [0.25, 0.3) is 0 Å². The highest BCUT2D eigenvalue weighted by Gasteiger charge is 2.09. The predicted octanol–water partition coefficient (Wildman–Crippen LogP) is 1.44. The van der Waals surface area contributed by atoms with Crippen molar-refractivity contribution in [1.29, 1.82) is 0 Å². The van der Waals surface area contributed by atoms with Gasteiger partial charge in [-0.25, -0.2) is 11.3 Å². The third kappa shape index (κ3) is 3.77. The largest absolute Gasteiger partial charge is 0.290 e. The van der Waals surface area contributed by atoms with Crippen molar-refractivity contribution in [2.75, 3.05) is 0 Å². The molecule has 22 heavy (non-hydrogen) atoms. The number of nitrogen functional groups attached to an aromatic ring is 1. The summed E-state index contributed by atoms with van der Waals surface area (Å²) >= 11 is 0. The smallest absolute Gasteiger partial charge is 0.271 e. The number of rotatable bonds is 4. The van der Waals surface area contributed by atoms with E-state index in [1.807, 2.05) is 35.8 Å². The van der Waals surface area contributed by atoms with Gasteiger partial charge in [-0.2, -0.15) is 5.10 Å². The Hall–Kier alpha value is -2.99. The molecular formula is C16H16N4O2. The molecule has 0 unspecified atom stereocenters. The van der Waals surface area contributed by atoms with Crippen LogP contribution in [0, 0.1) is 0 Å². The van der Waals surface area contributed by atoms with Crippen molar-refractivity contribution in [3.63, 3.8) is 0 Å². The van der Waals surface area contributed by atoms with E-state index in [2.05, 4.69) is 10.5 Å². The molecule has 2 aromatic rings. The van der Waals surface area contributed by atoms with Crippen molar-refractivity contribution in [3.05, 3.63) is 71.3 Å². The average Bonchev–Trinajstić information content (AvgIpc) is 2.59. The van der Waals surface area contributed by atoms with Crippen molar-refractivity contribution < 1.29 is 9.59 Å². The second-order valence-corrected chi connectivity index (χ2v) is 4.56. The minimum absolute atomic E-state index is 0.305. The summed E-state index contributed by atoms with van der Waals surface area (Å²) in [5.41, 5.74) is 6.72. The van der Waals surface area contributed by atoms with Gasteiger partial charge in [-0.15, -0.1) is 0 Å². The van der Waals surface area contributed by atoms with E-state index in [9.17, 15) is 9.59 Å². The molecular weight excluding hydrogens is 280 g/mol. The second kappa shape index (κ2) is 7.14. The molecule has 0 saturated carbocycles. The van der Waals surface area contributed by atoms with Crippen molar-refractivity contribution in [2.24, 2.45) is 10.9 Å². The summed E-state index contributed by atoms with van der Waals surface area (Å²) in [6.07, 6.45) is 0. The monoisotopic (exact) mass is 296 g/mol. The Labute approximate surface area is 128 Å². The number of carbonyl (C=O) groups is 2. The standard InChI is InChI=1S/C16H16N4O2/c1-11(12-6-3-2-4-7-12)19-20-16(22)14-9-5-8-13(10-14)15(21)18-17/h2-10H,17H2,1H3,(H,18,21)(H,20,22). The molecule has 112 valence electrons. The van der Waals surface area contributed by atoms with E-state index in [4.69, 9.17) is 5.84 Å². The Balaban J connectivity index is 2.11. The molecule has 0 radical (unpaired) electrons. The Morgan fingerprint density at radius 3 is 2.14 bits per heavy atom. The number of hydrazine groups is 1. The van der Waals surface area contributed by atoms with E-state index in [0.29, 0.717) is 16.8 Å². The molecule has 0 bridgehead atoms. The maximum Gasteiger partial charge on any atom is 0.271 e. The van der Waals surface area contributed by atoms with Crippen molar-refractivity contribution in [1.82, 2.24) is 10.9 Å². The Kier molecular flexibility index (Phi) is 5.00. The number of nitrogens with zero attached hydrogens (tertiary/aromatic N) is 1. The maximum atomic E-state index is 12.1. The van der Waals surface area contributed by atoms with Crippen LogP contribution < -0.4 is 16.7 Å². The number of hydrogen-bond acceptors (Lipinski definition) is 4. The van der Waals surface area contributed by atoms with Crippen molar-refractivity contribution in [3.8, 4) is 0 Å². The first kappa shape index (κ1) is 15.4. The average molecular weight is 296 g/mol. The molecule has 2 aromatic carbocycles. The molecule has 6 heteroatoms. The van der Waals surface area contributed by atoms with E-state index in [0.717, 1.165) is 5.56 Å². The fourth-order valence-corrected chi connectivity index (χ4v) is 1.83. The topological polar surface area (TPSA) is 96.6 Å². The van der Waals surface area contributed by atoms with Crippen LogP contribution in [0.2, 0.25) is 0 Å². The lowest BCUT2D eigenvalue weighted by Crippen LogP contribution is -2.30. The van der Waals surface area contributed by atoms with Gasteiger partial charge >= 0.3 is 0 Å². The normalized spacial score (nSPS) is 10.9. The van der Waals surface area contributed by atoms with Gasteiger partial charge in [0, 0.05) is 11.1 Å². The lowest BCUT2D eigenvalue weighted by atomic mass is 10.1. The Morgan fingerprint density at radius 2 is 1.50 bits per heavy atom. The van der Waals surface area contributed by atoms with Crippen molar-refractivity contribution in [2.45, 2.75) is 6.92 Å². The van der Waals surface area contributed by atoms with Crippen molar-refractivity contribution >= 4 is 17.5 Å². The van der Waals surface area contributed by atoms with Crippen LogP contribution in [0.1, 0.15) is 33.2 Å². The third-order valence-electron chi connectivity index (χ3n) is 3.03. The summed E-state index contributed by atoms with van der Waals surface area (Å²) in [5.74, 6) is 4.21. The van der Waals surface area contributed by atoms with Crippen LogP contribution in [0.5, 0.6) is 0 Å². The summed E-state index contributed by atoms with van der Waals surface area (Å²) in [4.78, 5) is 23.5. The number of hydrogen-bond donors (Lipinski definition) is 3. The summed E-state index contributed by atoms with van der Waals surface area (Å²) in [7, 11) is 0. The maximum absolute atomic E-state index is 12.1. The van der Waals surface area contributed by atoms with E-state index < -0.39 is 11.8 Å². The summed E-state index contributed by atoms with van der Waals surface area (Å²) in [5, 5.41) is 4.06. The molecule has 0 aliphatic rings. The van der Waals surface area contributed by atoms with Gasteiger partial charge in [-0.05, 0) is 30.7 Å². The number of nitrogens with one attached hydrogen (secondary N) is 2. The van der Waals surface area contributed by atoms with Gasteiger partial charge in [-0.1, -0.05) is 36.4 Å². The van der Waals surface area contributed by atoms with Crippen LogP contribution in [0.4, 0.5) is 0 Å². The highest BCUT2D eigenvalue weighted by molar-refractivity contribution is 6.02. The molecule has 0 spiro atoms. The fraction of sp³-hybridized carbons (Fsp3) is 0.0625. The highest BCUT2D eigenvalue weighted by atomic mass is 16.2. The van der Waals surface area contributed by atoms with Gasteiger partial charge in [0.2, 0.25) is 0 Å². The lowest BCUT2D eigenvalue weighted by molar-refractivity contribution is 0.0953. The van der Waals surface area contributed by atoms with Crippen LogP contribution in [-0.2, 0) is 0 Å². The molecule has 2 amide bonds. The molecule has 0 atom stereocenters. The van der Waals surface area contributed by atoms with E-state index in [-0.39, 0.29) is 0 Å². The highest BCUT2D eigenvalue weighted by Crippen LogP contribution is 2.06. The zero-order chi connectivity index (χ0) is 15.9. The van der Waals surface area contributed by atoms with Gasteiger partial charge in [0.05, 0.1) is 5.71 Å². The molecule has 0 aromatic heterocycles. The minimum Gasteiger partial charge on any atom is -0.290 e. The summed E-state index contributed by atoms with van der Waals surface area (Å²) < 4.78 is 0. The van der Waals surface area contributed by atoms with E-state index in [1.165, 1.54) is 6.07 Å². The number of nitrogens with two attached hydrogens (primary N) is 1.